The molecule has 0 unspecified atom stereocenters. The number of alkyl halides is 3. The summed E-state index contributed by atoms with van der Waals surface area (Å²) in [5.74, 6) is 0.131. The molecule has 1 aromatic heterocycles. The molecule has 2 rings (SSSR count). The van der Waals surface area contributed by atoms with Crippen LogP contribution in [0.3, 0.4) is 0 Å². The number of sulfonamides is 1. The first-order valence-corrected chi connectivity index (χ1v) is 6.76. The molecule has 0 atom stereocenters. The summed E-state index contributed by atoms with van der Waals surface area (Å²) in [5.41, 5.74) is -1.05. The predicted octanol–water partition coefficient (Wildman–Crippen LogP) is 1.93. The fraction of sp³-hybridized carbons (Fsp3) is 0.200. The highest BCUT2D eigenvalue weighted by Gasteiger charge is 2.31. The minimum Gasteiger partial charge on any atom is -0.261 e. The predicted molar refractivity (Wildman–Crippen MR) is 63.4 cm³/mol. The number of H-pyrrole nitrogens is 1. The van der Waals surface area contributed by atoms with Crippen LogP contribution in [0.2, 0.25) is 0 Å². The summed E-state index contributed by atoms with van der Waals surface area (Å²) < 4.78 is 63.4. The molecule has 0 bridgehead atoms. The highest BCUT2D eigenvalue weighted by Crippen LogP contribution is 2.30. The van der Waals surface area contributed by atoms with Crippen LogP contribution in [0.4, 0.5) is 19.1 Å². The number of aromatic nitrogens is 3. The van der Waals surface area contributed by atoms with E-state index in [1.807, 2.05) is 4.72 Å². The number of aryl methyl sites for hydroxylation is 1. The molecule has 2 aromatic rings. The number of rotatable bonds is 3. The van der Waals surface area contributed by atoms with Crippen LogP contribution >= 0.6 is 0 Å². The average molecular weight is 306 g/mol. The minimum atomic E-state index is -4.62. The second kappa shape index (κ2) is 4.78. The second-order valence-corrected chi connectivity index (χ2v) is 5.56. The van der Waals surface area contributed by atoms with E-state index in [0.29, 0.717) is 11.9 Å². The molecule has 108 valence electrons. The van der Waals surface area contributed by atoms with Crippen molar-refractivity contribution in [1.82, 2.24) is 15.2 Å². The standard InChI is InChI=1S/C10H9F3N4O2S/c1-6-14-9(16-15-6)17-20(18,19)8-4-2-3-7(5-8)10(11,12)13/h2-5H,1H3,(H2,14,15,16,17). The molecule has 20 heavy (non-hydrogen) atoms. The first kappa shape index (κ1) is 14.3. The Bertz CT molecular complexity index is 724. The van der Waals surface area contributed by atoms with Gasteiger partial charge in [-0.2, -0.15) is 18.2 Å². The number of nitrogens with one attached hydrogen (secondary N) is 2. The third kappa shape index (κ3) is 3.07. The zero-order chi connectivity index (χ0) is 15.0. The van der Waals surface area contributed by atoms with Crippen molar-refractivity contribution >= 4 is 16.0 Å². The molecule has 0 saturated carbocycles. The Labute approximate surface area is 112 Å². The molecular weight excluding hydrogens is 297 g/mol. The lowest BCUT2D eigenvalue weighted by molar-refractivity contribution is -0.137. The molecular formula is C10H9F3N4O2S. The molecule has 1 aromatic carbocycles. The molecule has 0 fully saturated rings. The van der Waals surface area contributed by atoms with Crippen molar-refractivity contribution in [2.24, 2.45) is 0 Å². The highest BCUT2D eigenvalue weighted by atomic mass is 32.2. The smallest absolute Gasteiger partial charge is 0.261 e. The molecule has 10 heteroatoms. The molecule has 0 aliphatic carbocycles. The van der Waals surface area contributed by atoms with Gasteiger partial charge in [-0.3, -0.25) is 5.10 Å². The Morgan fingerprint density at radius 2 is 2.00 bits per heavy atom. The van der Waals surface area contributed by atoms with Crippen molar-refractivity contribution in [3.8, 4) is 0 Å². The monoisotopic (exact) mass is 306 g/mol. The average Bonchev–Trinajstić information content (AvgIpc) is 2.73. The molecule has 0 aliphatic rings. The zero-order valence-electron chi connectivity index (χ0n) is 10.1. The van der Waals surface area contributed by atoms with Crippen molar-refractivity contribution in [1.29, 1.82) is 0 Å². The van der Waals surface area contributed by atoms with Crippen molar-refractivity contribution in [2.75, 3.05) is 4.72 Å². The quantitative estimate of drug-likeness (QED) is 0.907. The molecule has 2 N–H and O–H groups in total. The van der Waals surface area contributed by atoms with Crippen LogP contribution < -0.4 is 4.72 Å². The van der Waals surface area contributed by atoms with Crippen molar-refractivity contribution in [2.45, 2.75) is 18.0 Å². The summed E-state index contributed by atoms with van der Waals surface area (Å²) >= 11 is 0. The zero-order valence-corrected chi connectivity index (χ0v) is 10.9. The van der Waals surface area contributed by atoms with E-state index in [1.165, 1.54) is 0 Å². The molecule has 6 nitrogen and oxygen atoms in total. The van der Waals surface area contributed by atoms with E-state index in [1.54, 1.807) is 6.92 Å². The summed E-state index contributed by atoms with van der Waals surface area (Å²) in [4.78, 5) is 3.19. The van der Waals surface area contributed by atoms with Crippen LogP contribution in [0.5, 0.6) is 0 Å². The fourth-order valence-corrected chi connectivity index (χ4v) is 2.40. The van der Waals surface area contributed by atoms with Crippen LogP contribution in [0.1, 0.15) is 11.4 Å². The van der Waals surface area contributed by atoms with E-state index in [0.717, 1.165) is 18.2 Å². The Morgan fingerprint density at radius 3 is 2.55 bits per heavy atom. The molecule has 0 radical (unpaired) electrons. The summed E-state index contributed by atoms with van der Waals surface area (Å²) in [7, 11) is -4.18. The van der Waals surface area contributed by atoms with Crippen LogP contribution in [-0.4, -0.2) is 23.6 Å². The summed E-state index contributed by atoms with van der Waals surface area (Å²) in [5, 5.41) is 5.96. The number of hydrogen-bond acceptors (Lipinski definition) is 4. The lowest BCUT2D eigenvalue weighted by Gasteiger charge is -2.09. The van der Waals surface area contributed by atoms with Gasteiger partial charge in [0.2, 0.25) is 0 Å². The van der Waals surface area contributed by atoms with Gasteiger partial charge in [0.1, 0.15) is 5.82 Å². The largest absolute Gasteiger partial charge is 0.416 e. The molecule has 0 aliphatic heterocycles. The van der Waals surface area contributed by atoms with E-state index in [2.05, 4.69) is 15.2 Å². The second-order valence-electron chi connectivity index (χ2n) is 3.88. The van der Waals surface area contributed by atoms with E-state index < -0.39 is 26.7 Å². The minimum absolute atomic E-state index is 0.236. The number of anilines is 1. The maximum atomic E-state index is 12.5. The SMILES string of the molecule is Cc1nc(NS(=O)(=O)c2cccc(C(F)(F)F)c2)n[nH]1. The van der Waals surface area contributed by atoms with Crippen LogP contribution in [-0.2, 0) is 16.2 Å². The lowest BCUT2D eigenvalue weighted by Crippen LogP contribution is -2.15. The number of halogens is 3. The van der Waals surface area contributed by atoms with E-state index in [-0.39, 0.29) is 5.95 Å². The fourth-order valence-electron chi connectivity index (χ4n) is 1.41. The number of benzene rings is 1. The van der Waals surface area contributed by atoms with Crippen molar-refractivity contribution in [3.05, 3.63) is 35.7 Å². The Balaban J connectivity index is 2.35. The van der Waals surface area contributed by atoms with E-state index in [9.17, 15) is 21.6 Å². The molecule has 0 spiro atoms. The van der Waals surface area contributed by atoms with Gasteiger partial charge in [-0.25, -0.2) is 13.1 Å². The molecule has 0 saturated heterocycles. The summed E-state index contributed by atoms with van der Waals surface area (Å²) in [6.45, 7) is 1.55. The Kier molecular flexibility index (Phi) is 3.42. The molecule has 1 heterocycles. The maximum absolute atomic E-state index is 12.5. The summed E-state index contributed by atoms with van der Waals surface area (Å²) in [6.07, 6.45) is -4.62. The van der Waals surface area contributed by atoms with Gasteiger partial charge in [-0.05, 0) is 25.1 Å². The maximum Gasteiger partial charge on any atom is 0.416 e. The van der Waals surface area contributed by atoms with Crippen molar-refractivity contribution < 1.29 is 21.6 Å². The first-order chi connectivity index (χ1) is 9.18. The Hall–Kier alpha value is -2.10. The Morgan fingerprint density at radius 1 is 1.30 bits per heavy atom. The van der Waals surface area contributed by atoms with E-state index >= 15 is 0 Å². The normalized spacial score (nSPS) is 12.4. The number of aromatic amines is 1. The number of nitrogens with zero attached hydrogens (tertiary/aromatic N) is 2. The van der Waals surface area contributed by atoms with E-state index in [4.69, 9.17) is 0 Å². The van der Waals surface area contributed by atoms with Gasteiger partial charge in [0, 0.05) is 0 Å². The van der Waals surface area contributed by atoms with Gasteiger partial charge in [0.05, 0.1) is 10.5 Å². The van der Waals surface area contributed by atoms with Gasteiger partial charge in [-0.15, -0.1) is 5.10 Å². The molecule has 0 amide bonds. The highest BCUT2D eigenvalue weighted by molar-refractivity contribution is 7.92. The van der Waals surface area contributed by atoms with Gasteiger partial charge >= 0.3 is 6.18 Å². The topological polar surface area (TPSA) is 87.7 Å². The van der Waals surface area contributed by atoms with Crippen LogP contribution in [0, 0.1) is 6.92 Å². The van der Waals surface area contributed by atoms with Gasteiger partial charge in [0.25, 0.3) is 16.0 Å². The van der Waals surface area contributed by atoms with Crippen LogP contribution in [0.15, 0.2) is 29.2 Å². The van der Waals surface area contributed by atoms with Gasteiger partial charge in [-0.1, -0.05) is 6.07 Å². The third-order valence-electron chi connectivity index (χ3n) is 2.29. The first-order valence-electron chi connectivity index (χ1n) is 5.27. The third-order valence-corrected chi connectivity index (χ3v) is 3.62. The van der Waals surface area contributed by atoms with Crippen LogP contribution in [0.25, 0.3) is 0 Å². The van der Waals surface area contributed by atoms with Gasteiger partial charge < -0.3 is 0 Å². The van der Waals surface area contributed by atoms with Crippen molar-refractivity contribution in [3.63, 3.8) is 0 Å². The summed E-state index contributed by atoms with van der Waals surface area (Å²) in [6, 6.07) is 3.40. The lowest BCUT2D eigenvalue weighted by atomic mass is 10.2. The van der Waals surface area contributed by atoms with Gasteiger partial charge in [0.15, 0.2) is 0 Å². The number of hydrogen-bond donors (Lipinski definition) is 2.